The number of rotatable bonds is 3. The van der Waals surface area contributed by atoms with Crippen LogP contribution in [0.5, 0.6) is 0 Å². The van der Waals surface area contributed by atoms with Gasteiger partial charge in [-0.25, -0.2) is 8.78 Å². The molecule has 4 nitrogen and oxygen atoms in total. The highest BCUT2D eigenvalue weighted by molar-refractivity contribution is 5.95. The molecule has 0 spiro atoms. The van der Waals surface area contributed by atoms with E-state index in [2.05, 4.69) is 0 Å². The minimum absolute atomic E-state index is 0.188. The predicted octanol–water partition coefficient (Wildman–Crippen LogP) is 2.96. The normalized spacial score (nSPS) is 14.7. The standard InChI is InChI=1S/C20H18F2N2O2/c21-17-5-1-3-15(13-17)7-8-19(25)23-9-11-24(12-10-23)20(26)16-4-2-6-18(22)14-16/h1-8,13-14H,9-12H2/b8-7+. The van der Waals surface area contributed by atoms with Crippen LogP contribution in [0, 0.1) is 11.6 Å². The Kier molecular flexibility index (Phi) is 5.41. The third-order valence-corrected chi connectivity index (χ3v) is 4.22. The second-order valence-electron chi connectivity index (χ2n) is 6.02. The largest absolute Gasteiger partial charge is 0.336 e. The van der Waals surface area contributed by atoms with Gasteiger partial charge >= 0.3 is 0 Å². The van der Waals surface area contributed by atoms with Crippen molar-refractivity contribution in [3.05, 3.63) is 77.4 Å². The van der Waals surface area contributed by atoms with Crippen molar-refractivity contribution < 1.29 is 18.4 Å². The summed E-state index contributed by atoms with van der Waals surface area (Å²) in [5.74, 6) is -1.24. The average molecular weight is 356 g/mol. The van der Waals surface area contributed by atoms with Gasteiger partial charge in [0.15, 0.2) is 0 Å². The molecule has 1 heterocycles. The Labute approximate surface area is 150 Å². The molecule has 1 aliphatic rings. The smallest absolute Gasteiger partial charge is 0.254 e. The highest BCUT2D eigenvalue weighted by Crippen LogP contribution is 2.11. The zero-order valence-electron chi connectivity index (χ0n) is 14.1. The minimum Gasteiger partial charge on any atom is -0.336 e. The molecular weight excluding hydrogens is 338 g/mol. The quantitative estimate of drug-likeness (QED) is 0.794. The Hall–Kier alpha value is -3.02. The molecule has 1 aliphatic heterocycles. The van der Waals surface area contributed by atoms with Gasteiger partial charge in [0.2, 0.25) is 5.91 Å². The number of halogens is 2. The second-order valence-corrected chi connectivity index (χ2v) is 6.02. The molecule has 1 fully saturated rings. The van der Waals surface area contributed by atoms with Crippen LogP contribution in [0.15, 0.2) is 54.6 Å². The first kappa shape index (κ1) is 17.8. The molecule has 2 aromatic rings. The fourth-order valence-electron chi connectivity index (χ4n) is 2.82. The fourth-order valence-corrected chi connectivity index (χ4v) is 2.82. The van der Waals surface area contributed by atoms with Crippen molar-refractivity contribution in [1.29, 1.82) is 0 Å². The first-order valence-corrected chi connectivity index (χ1v) is 8.30. The maximum absolute atomic E-state index is 13.3. The highest BCUT2D eigenvalue weighted by atomic mass is 19.1. The number of carbonyl (C=O) groups is 2. The summed E-state index contributed by atoms with van der Waals surface area (Å²) in [7, 11) is 0. The number of carbonyl (C=O) groups excluding carboxylic acids is 2. The Morgan fingerprint density at radius 3 is 2.12 bits per heavy atom. The maximum atomic E-state index is 13.3. The lowest BCUT2D eigenvalue weighted by atomic mass is 10.1. The third kappa shape index (κ3) is 4.33. The molecule has 134 valence electrons. The molecule has 2 aromatic carbocycles. The number of benzene rings is 2. The van der Waals surface area contributed by atoms with E-state index in [1.54, 1.807) is 34.1 Å². The van der Waals surface area contributed by atoms with Crippen molar-refractivity contribution >= 4 is 17.9 Å². The zero-order chi connectivity index (χ0) is 18.5. The van der Waals surface area contributed by atoms with Crippen LogP contribution in [-0.4, -0.2) is 47.8 Å². The van der Waals surface area contributed by atoms with Gasteiger partial charge in [-0.05, 0) is 42.0 Å². The van der Waals surface area contributed by atoms with Gasteiger partial charge in [0.25, 0.3) is 5.91 Å². The molecule has 0 unspecified atom stereocenters. The van der Waals surface area contributed by atoms with E-state index in [9.17, 15) is 18.4 Å². The summed E-state index contributed by atoms with van der Waals surface area (Å²) < 4.78 is 26.4. The lowest BCUT2D eigenvalue weighted by molar-refractivity contribution is -0.127. The van der Waals surface area contributed by atoms with Crippen LogP contribution in [0.2, 0.25) is 0 Å². The Morgan fingerprint density at radius 1 is 0.846 bits per heavy atom. The summed E-state index contributed by atoms with van der Waals surface area (Å²) in [4.78, 5) is 27.9. The maximum Gasteiger partial charge on any atom is 0.254 e. The summed E-state index contributed by atoms with van der Waals surface area (Å²) in [6.45, 7) is 1.56. The molecule has 0 bridgehead atoms. The first-order valence-electron chi connectivity index (χ1n) is 8.30. The van der Waals surface area contributed by atoms with Crippen LogP contribution in [0.1, 0.15) is 15.9 Å². The van der Waals surface area contributed by atoms with E-state index < -0.39 is 5.82 Å². The summed E-state index contributed by atoms with van der Waals surface area (Å²) in [5.41, 5.74) is 0.911. The topological polar surface area (TPSA) is 40.6 Å². The minimum atomic E-state index is -0.452. The molecule has 0 atom stereocenters. The van der Waals surface area contributed by atoms with E-state index in [0.717, 1.165) is 0 Å². The molecule has 0 saturated carbocycles. The van der Waals surface area contributed by atoms with E-state index in [0.29, 0.717) is 37.3 Å². The molecule has 0 aromatic heterocycles. The summed E-state index contributed by atoms with van der Waals surface area (Å²) in [6, 6.07) is 11.6. The van der Waals surface area contributed by atoms with Crippen molar-refractivity contribution in [2.45, 2.75) is 0 Å². The monoisotopic (exact) mass is 356 g/mol. The average Bonchev–Trinajstić information content (AvgIpc) is 2.66. The number of piperazine rings is 1. The molecule has 2 amide bonds. The van der Waals surface area contributed by atoms with Gasteiger partial charge in [0, 0.05) is 37.8 Å². The van der Waals surface area contributed by atoms with Crippen LogP contribution < -0.4 is 0 Å². The second kappa shape index (κ2) is 7.91. The molecule has 6 heteroatoms. The number of amides is 2. The summed E-state index contributed by atoms with van der Waals surface area (Å²) >= 11 is 0. The highest BCUT2D eigenvalue weighted by Gasteiger charge is 2.24. The Balaban J connectivity index is 1.56. The van der Waals surface area contributed by atoms with Gasteiger partial charge in [0.1, 0.15) is 11.6 Å². The van der Waals surface area contributed by atoms with Crippen LogP contribution in [-0.2, 0) is 4.79 Å². The Bertz CT molecular complexity index is 843. The van der Waals surface area contributed by atoms with Gasteiger partial charge in [-0.2, -0.15) is 0 Å². The van der Waals surface area contributed by atoms with Crippen molar-refractivity contribution in [1.82, 2.24) is 9.80 Å². The summed E-state index contributed by atoms with van der Waals surface area (Å²) in [5, 5.41) is 0. The van der Waals surface area contributed by atoms with Gasteiger partial charge in [-0.3, -0.25) is 9.59 Å². The lowest BCUT2D eigenvalue weighted by Gasteiger charge is -2.34. The molecule has 26 heavy (non-hydrogen) atoms. The molecule has 0 radical (unpaired) electrons. The lowest BCUT2D eigenvalue weighted by Crippen LogP contribution is -2.50. The van der Waals surface area contributed by atoms with Gasteiger partial charge in [-0.15, -0.1) is 0 Å². The fraction of sp³-hybridized carbons (Fsp3) is 0.200. The number of nitrogens with zero attached hydrogens (tertiary/aromatic N) is 2. The zero-order valence-corrected chi connectivity index (χ0v) is 14.1. The van der Waals surface area contributed by atoms with Crippen LogP contribution in [0.25, 0.3) is 6.08 Å². The number of hydrogen-bond donors (Lipinski definition) is 0. The van der Waals surface area contributed by atoms with E-state index in [1.165, 1.54) is 36.4 Å². The SMILES string of the molecule is O=C(/C=C/c1cccc(F)c1)N1CCN(C(=O)c2cccc(F)c2)CC1. The van der Waals surface area contributed by atoms with Crippen LogP contribution in [0.3, 0.4) is 0 Å². The molecule has 0 N–H and O–H groups in total. The van der Waals surface area contributed by atoms with Crippen molar-refractivity contribution in [3.8, 4) is 0 Å². The van der Waals surface area contributed by atoms with Gasteiger partial charge in [0.05, 0.1) is 0 Å². The van der Waals surface area contributed by atoms with Crippen molar-refractivity contribution in [2.75, 3.05) is 26.2 Å². The molecule has 1 saturated heterocycles. The van der Waals surface area contributed by atoms with E-state index in [-0.39, 0.29) is 17.6 Å². The molecule has 0 aliphatic carbocycles. The van der Waals surface area contributed by atoms with Gasteiger partial charge in [-0.1, -0.05) is 18.2 Å². The number of hydrogen-bond acceptors (Lipinski definition) is 2. The predicted molar refractivity (Wildman–Crippen MR) is 94.3 cm³/mol. The van der Waals surface area contributed by atoms with Gasteiger partial charge < -0.3 is 9.80 Å². The van der Waals surface area contributed by atoms with Crippen molar-refractivity contribution in [2.24, 2.45) is 0 Å². The van der Waals surface area contributed by atoms with E-state index in [4.69, 9.17) is 0 Å². The van der Waals surface area contributed by atoms with E-state index in [1.807, 2.05) is 0 Å². The Morgan fingerprint density at radius 2 is 1.46 bits per heavy atom. The summed E-state index contributed by atoms with van der Waals surface area (Å²) in [6.07, 6.45) is 2.97. The molecule has 3 rings (SSSR count). The van der Waals surface area contributed by atoms with E-state index >= 15 is 0 Å². The first-order chi connectivity index (χ1) is 12.5. The van der Waals surface area contributed by atoms with Crippen LogP contribution >= 0.6 is 0 Å². The van der Waals surface area contributed by atoms with Crippen molar-refractivity contribution in [3.63, 3.8) is 0 Å². The van der Waals surface area contributed by atoms with Crippen LogP contribution in [0.4, 0.5) is 8.78 Å². The third-order valence-electron chi connectivity index (χ3n) is 4.22. The molecular formula is C20H18F2N2O2.